The van der Waals surface area contributed by atoms with E-state index in [0.717, 1.165) is 16.8 Å². The van der Waals surface area contributed by atoms with Gasteiger partial charge in [0.05, 0.1) is 41.9 Å². The number of nitrogens with one attached hydrogen (secondary N) is 1. The van der Waals surface area contributed by atoms with Crippen LogP contribution in [0.2, 0.25) is 0 Å². The molecule has 0 saturated heterocycles. The van der Waals surface area contributed by atoms with Gasteiger partial charge in [-0.15, -0.1) is 0 Å². The van der Waals surface area contributed by atoms with E-state index in [-0.39, 0.29) is 17.5 Å². The van der Waals surface area contributed by atoms with Crippen molar-refractivity contribution >= 4 is 21.9 Å². The van der Waals surface area contributed by atoms with Crippen LogP contribution in [0.1, 0.15) is 5.82 Å². The smallest absolute Gasteiger partial charge is 0.261 e. The lowest BCUT2D eigenvalue weighted by molar-refractivity contribution is 0.415. The Morgan fingerprint density at radius 1 is 1.21 bits per heavy atom. The van der Waals surface area contributed by atoms with Crippen LogP contribution in [0.25, 0.3) is 21.9 Å². The summed E-state index contributed by atoms with van der Waals surface area (Å²) in [6.07, 6.45) is 1.44. The van der Waals surface area contributed by atoms with Crippen molar-refractivity contribution in [2.24, 2.45) is 0 Å². The third-order valence-corrected chi connectivity index (χ3v) is 3.84. The number of aromatic nitrogens is 4. The first-order chi connectivity index (χ1) is 11.6. The molecule has 0 unspecified atom stereocenters. The number of methoxy groups -OCH3 is 1. The molecule has 2 heterocycles. The number of H-pyrrole nitrogens is 1. The van der Waals surface area contributed by atoms with Gasteiger partial charge in [-0.05, 0) is 30.3 Å². The van der Waals surface area contributed by atoms with Crippen LogP contribution >= 0.6 is 0 Å². The Kier molecular flexibility index (Phi) is 3.26. The molecule has 0 radical (unpaired) electrons. The Bertz CT molecular complexity index is 1120. The van der Waals surface area contributed by atoms with Gasteiger partial charge in [0.25, 0.3) is 5.56 Å². The van der Waals surface area contributed by atoms with Gasteiger partial charge in [0, 0.05) is 6.07 Å². The number of rotatable bonds is 3. The Hall–Kier alpha value is -3.22. The zero-order valence-electron chi connectivity index (χ0n) is 12.8. The summed E-state index contributed by atoms with van der Waals surface area (Å²) in [5.74, 6) is 0.866. The second kappa shape index (κ2) is 5.45. The van der Waals surface area contributed by atoms with Gasteiger partial charge in [-0.1, -0.05) is 0 Å². The lowest BCUT2D eigenvalue weighted by atomic mass is 10.2. The minimum absolute atomic E-state index is 0.218. The van der Waals surface area contributed by atoms with Gasteiger partial charge >= 0.3 is 0 Å². The predicted octanol–water partition coefficient (Wildman–Crippen LogP) is 2.47. The molecular weight excluding hydrogens is 311 g/mol. The van der Waals surface area contributed by atoms with Crippen LogP contribution in [0.5, 0.6) is 5.75 Å². The number of halogens is 1. The normalized spacial score (nSPS) is 11.2. The molecule has 0 bridgehead atoms. The Morgan fingerprint density at radius 3 is 2.88 bits per heavy atom. The number of ether oxygens (including phenoxy) is 1. The summed E-state index contributed by atoms with van der Waals surface area (Å²) in [5, 5.41) is 0.246. The van der Waals surface area contributed by atoms with Crippen LogP contribution in [-0.2, 0) is 6.54 Å². The highest BCUT2D eigenvalue weighted by Crippen LogP contribution is 2.19. The maximum absolute atomic E-state index is 13.4. The number of hydrogen-bond acceptors (Lipinski definition) is 4. The number of imidazole rings is 1. The minimum atomic E-state index is -0.463. The lowest BCUT2D eigenvalue weighted by Crippen LogP contribution is -2.21. The van der Waals surface area contributed by atoms with Crippen molar-refractivity contribution in [2.45, 2.75) is 6.54 Å². The molecule has 4 aromatic rings. The molecule has 6 nitrogen and oxygen atoms in total. The number of aromatic amines is 1. The quantitative estimate of drug-likeness (QED) is 0.628. The van der Waals surface area contributed by atoms with E-state index in [0.29, 0.717) is 11.3 Å². The first kappa shape index (κ1) is 14.4. The standard InChI is InChI=1S/C17H13FN4O2/c1-24-11-3-5-14-15(7-11)21-16(20-14)8-22-9-19-13-4-2-10(18)6-12(13)17(22)23/h2-7,9H,8H2,1H3,(H,20,21). The van der Waals surface area contributed by atoms with Crippen molar-refractivity contribution < 1.29 is 9.13 Å². The van der Waals surface area contributed by atoms with Gasteiger partial charge in [0.2, 0.25) is 0 Å². The number of fused-ring (bicyclic) bond motifs is 2. The van der Waals surface area contributed by atoms with Crippen LogP contribution in [0, 0.1) is 5.82 Å². The molecule has 0 aliphatic heterocycles. The predicted molar refractivity (Wildman–Crippen MR) is 87.7 cm³/mol. The highest BCUT2D eigenvalue weighted by Gasteiger charge is 2.09. The molecule has 24 heavy (non-hydrogen) atoms. The summed E-state index contributed by atoms with van der Waals surface area (Å²) in [6, 6.07) is 9.47. The average molecular weight is 324 g/mol. The van der Waals surface area contributed by atoms with Crippen molar-refractivity contribution in [3.8, 4) is 5.75 Å². The van der Waals surface area contributed by atoms with Gasteiger partial charge in [-0.25, -0.2) is 14.4 Å². The van der Waals surface area contributed by atoms with Gasteiger partial charge in [-0.2, -0.15) is 0 Å². The molecule has 4 rings (SSSR count). The van der Waals surface area contributed by atoms with Gasteiger partial charge in [0.15, 0.2) is 0 Å². The molecule has 0 aliphatic carbocycles. The Balaban J connectivity index is 1.76. The third-order valence-electron chi connectivity index (χ3n) is 3.84. The third kappa shape index (κ3) is 2.40. The number of nitrogens with zero attached hydrogens (tertiary/aromatic N) is 3. The second-order valence-corrected chi connectivity index (χ2v) is 5.41. The molecule has 2 aromatic heterocycles. The van der Waals surface area contributed by atoms with E-state index in [4.69, 9.17) is 4.74 Å². The van der Waals surface area contributed by atoms with Crippen molar-refractivity contribution in [1.82, 2.24) is 19.5 Å². The molecule has 1 N–H and O–H groups in total. The van der Waals surface area contributed by atoms with Crippen LogP contribution in [0.15, 0.2) is 47.5 Å². The topological polar surface area (TPSA) is 72.8 Å². The molecule has 120 valence electrons. The summed E-state index contributed by atoms with van der Waals surface area (Å²) < 4.78 is 20.0. The van der Waals surface area contributed by atoms with E-state index < -0.39 is 5.82 Å². The largest absolute Gasteiger partial charge is 0.497 e. The Labute approximate surface area is 135 Å². The van der Waals surface area contributed by atoms with E-state index in [9.17, 15) is 9.18 Å². The van der Waals surface area contributed by atoms with Crippen LogP contribution in [0.4, 0.5) is 4.39 Å². The molecule has 0 saturated carbocycles. The molecule has 7 heteroatoms. The van der Waals surface area contributed by atoms with E-state index in [1.165, 1.54) is 29.1 Å². The second-order valence-electron chi connectivity index (χ2n) is 5.41. The van der Waals surface area contributed by atoms with Gasteiger partial charge in [-0.3, -0.25) is 9.36 Å². The summed E-state index contributed by atoms with van der Waals surface area (Å²) >= 11 is 0. The average Bonchev–Trinajstić information content (AvgIpc) is 2.99. The van der Waals surface area contributed by atoms with Crippen molar-refractivity contribution in [3.05, 3.63) is 64.7 Å². The summed E-state index contributed by atoms with van der Waals surface area (Å²) in [4.78, 5) is 24.3. The Morgan fingerprint density at radius 2 is 2.04 bits per heavy atom. The number of benzene rings is 2. The zero-order chi connectivity index (χ0) is 16.7. The lowest BCUT2D eigenvalue weighted by Gasteiger charge is -2.04. The SMILES string of the molecule is COc1ccc2nc(Cn3cnc4ccc(F)cc4c3=O)[nH]c2c1. The summed E-state index contributed by atoms with van der Waals surface area (Å²) in [7, 11) is 1.60. The van der Waals surface area contributed by atoms with E-state index in [2.05, 4.69) is 15.0 Å². The first-order valence-electron chi connectivity index (χ1n) is 7.31. The monoisotopic (exact) mass is 324 g/mol. The molecular formula is C17H13FN4O2. The maximum Gasteiger partial charge on any atom is 0.261 e. The van der Waals surface area contributed by atoms with E-state index in [1.54, 1.807) is 7.11 Å². The van der Waals surface area contributed by atoms with Crippen molar-refractivity contribution in [3.63, 3.8) is 0 Å². The first-order valence-corrected chi connectivity index (χ1v) is 7.31. The fourth-order valence-electron chi connectivity index (χ4n) is 2.65. The summed E-state index contributed by atoms with van der Waals surface area (Å²) in [5.41, 5.74) is 1.75. The van der Waals surface area contributed by atoms with Crippen LogP contribution in [0.3, 0.4) is 0 Å². The highest BCUT2D eigenvalue weighted by molar-refractivity contribution is 5.78. The van der Waals surface area contributed by atoms with E-state index in [1.807, 2.05) is 18.2 Å². The van der Waals surface area contributed by atoms with Crippen molar-refractivity contribution in [1.29, 1.82) is 0 Å². The highest BCUT2D eigenvalue weighted by atomic mass is 19.1. The fourth-order valence-corrected chi connectivity index (χ4v) is 2.65. The van der Waals surface area contributed by atoms with Crippen LogP contribution < -0.4 is 10.3 Å². The van der Waals surface area contributed by atoms with E-state index >= 15 is 0 Å². The molecule has 0 amide bonds. The maximum atomic E-state index is 13.4. The van der Waals surface area contributed by atoms with Gasteiger partial charge in [0.1, 0.15) is 17.4 Å². The summed E-state index contributed by atoms with van der Waals surface area (Å²) in [6.45, 7) is 0.218. The molecule has 0 spiro atoms. The van der Waals surface area contributed by atoms with Crippen molar-refractivity contribution in [2.75, 3.05) is 7.11 Å². The van der Waals surface area contributed by atoms with Crippen LogP contribution in [-0.4, -0.2) is 26.6 Å². The molecule has 0 fully saturated rings. The molecule has 0 aliphatic rings. The van der Waals surface area contributed by atoms with Gasteiger partial charge < -0.3 is 9.72 Å². The minimum Gasteiger partial charge on any atom is -0.497 e. The fraction of sp³-hybridized carbons (Fsp3) is 0.118. The number of hydrogen-bond donors (Lipinski definition) is 1. The zero-order valence-corrected chi connectivity index (χ0v) is 12.8. The molecule has 0 atom stereocenters. The molecule has 2 aromatic carbocycles.